The normalized spacial score (nSPS) is 11.8. The van der Waals surface area contributed by atoms with Crippen molar-refractivity contribution in [2.24, 2.45) is 0 Å². The number of hydrogen-bond donors (Lipinski definition) is 0. The van der Waals surface area contributed by atoms with Crippen molar-refractivity contribution in [3.8, 4) is 0 Å². The van der Waals surface area contributed by atoms with E-state index in [1.54, 1.807) is 0 Å². The van der Waals surface area contributed by atoms with Gasteiger partial charge < -0.3 is 23.6 Å². The number of rotatable bonds is 14. The summed E-state index contributed by atoms with van der Waals surface area (Å²) in [6.07, 6.45) is 0.622. The second kappa shape index (κ2) is 17.1. The number of hydrogen-bond acceptors (Lipinski definition) is 9. The van der Waals surface area contributed by atoms with Crippen LogP contribution in [0.25, 0.3) is 0 Å². The van der Waals surface area contributed by atoms with Crippen LogP contribution in [0.1, 0.15) is 57.7 Å². The first-order chi connectivity index (χ1) is 19.4. The SMILES string of the molecule is CCCOC(c1ccc(N(CC)CC)cc1)(c1ccc(N(CC)CC)cc1)c1ccc(S(=O)(=O)[O-])c(S(=O)(=O)[O-])c1.[Na+].[Na+]. The Hall–Kier alpha value is -0.960. The Morgan fingerprint density at radius 3 is 1.30 bits per heavy atom. The van der Waals surface area contributed by atoms with Gasteiger partial charge in [0.2, 0.25) is 0 Å². The van der Waals surface area contributed by atoms with Crippen molar-refractivity contribution < 1.29 is 89.8 Å². The van der Waals surface area contributed by atoms with Crippen LogP contribution in [0, 0.1) is 0 Å². The van der Waals surface area contributed by atoms with Crippen molar-refractivity contribution in [2.45, 2.75) is 56.4 Å². The van der Waals surface area contributed by atoms with Crippen LogP contribution in [0.3, 0.4) is 0 Å². The van der Waals surface area contributed by atoms with Crippen molar-refractivity contribution in [2.75, 3.05) is 42.6 Å². The smallest absolute Gasteiger partial charge is 0.744 e. The fourth-order valence-corrected chi connectivity index (χ4v) is 6.86. The van der Waals surface area contributed by atoms with Crippen molar-refractivity contribution in [1.82, 2.24) is 0 Å². The van der Waals surface area contributed by atoms with E-state index in [4.69, 9.17) is 4.74 Å². The Balaban J connectivity index is 0.00000462. The molecule has 0 heterocycles. The van der Waals surface area contributed by atoms with Gasteiger partial charge in [-0.15, -0.1) is 0 Å². The molecule has 0 aliphatic rings. The van der Waals surface area contributed by atoms with Crippen LogP contribution in [-0.4, -0.2) is 58.7 Å². The van der Waals surface area contributed by atoms with Gasteiger partial charge in [0.15, 0.2) is 0 Å². The Morgan fingerprint density at radius 2 is 0.977 bits per heavy atom. The first-order valence-corrected chi connectivity index (χ1v) is 16.6. The number of nitrogens with zero attached hydrogens (tertiary/aromatic N) is 2. The average Bonchev–Trinajstić information content (AvgIpc) is 2.95. The molecule has 0 N–H and O–H groups in total. The molecule has 3 aromatic carbocycles. The predicted molar refractivity (Wildman–Crippen MR) is 158 cm³/mol. The molecule has 0 aromatic heterocycles. The summed E-state index contributed by atoms with van der Waals surface area (Å²) in [4.78, 5) is 2.16. The van der Waals surface area contributed by atoms with Gasteiger partial charge in [0.1, 0.15) is 25.8 Å². The van der Waals surface area contributed by atoms with E-state index in [1.807, 2.05) is 55.5 Å². The third-order valence-electron chi connectivity index (χ3n) is 7.22. The Bertz CT molecular complexity index is 1470. The quantitative estimate of drug-likeness (QED) is 0.122. The van der Waals surface area contributed by atoms with Gasteiger partial charge in [0, 0.05) is 44.2 Å². The second-order valence-corrected chi connectivity index (χ2v) is 12.2. The van der Waals surface area contributed by atoms with Gasteiger partial charge in [-0.25, -0.2) is 16.8 Å². The maximum Gasteiger partial charge on any atom is 1.00 e. The zero-order valence-electron chi connectivity index (χ0n) is 26.2. The molecule has 13 heteroatoms. The predicted octanol–water partition coefficient (Wildman–Crippen LogP) is -1.09. The number of benzene rings is 3. The Kier molecular flexibility index (Phi) is 15.9. The van der Waals surface area contributed by atoms with Crippen LogP contribution in [0.4, 0.5) is 11.4 Å². The van der Waals surface area contributed by atoms with Crippen LogP contribution in [-0.2, 0) is 30.6 Å². The zero-order chi connectivity index (χ0) is 30.4. The van der Waals surface area contributed by atoms with Crippen molar-refractivity contribution >= 4 is 31.6 Å². The van der Waals surface area contributed by atoms with Gasteiger partial charge in [0.25, 0.3) is 0 Å². The van der Waals surface area contributed by atoms with Crippen molar-refractivity contribution in [1.29, 1.82) is 0 Å². The fourth-order valence-electron chi connectivity index (χ4n) is 5.13. The minimum absolute atomic E-state index is 0. The molecule has 0 aliphatic heterocycles. The number of ether oxygens (including phenoxy) is 1. The molecule has 0 radical (unpaired) electrons. The van der Waals surface area contributed by atoms with Crippen LogP contribution >= 0.6 is 0 Å². The van der Waals surface area contributed by atoms with E-state index in [-0.39, 0.29) is 71.3 Å². The van der Waals surface area contributed by atoms with Crippen LogP contribution in [0.15, 0.2) is 76.5 Å². The molecule has 0 spiro atoms. The summed E-state index contributed by atoms with van der Waals surface area (Å²) >= 11 is 0. The minimum Gasteiger partial charge on any atom is -0.744 e. The third kappa shape index (κ3) is 9.07. The maximum atomic E-state index is 12.2. The van der Waals surface area contributed by atoms with Crippen LogP contribution in [0.5, 0.6) is 0 Å². The van der Waals surface area contributed by atoms with E-state index >= 15 is 0 Å². The first kappa shape index (κ1) is 40.1. The van der Waals surface area contributed by atoms with E-state index in [1.165, 1.54) is 6.07 Å². The fraction of sp³-hybridized carbons (Fsp3) is 0.400. The Morgan fingerprint density at radius 1 is 0.605 bits per heavy atom. The summed E-state index contributed by atoms with van der Waals surface area (Å²) in [7, 11) is -10.6. The molecule has 0 bridgehead atoms. The molecule has 0 unspecified atom stereocenters. The summed E-state index contributed by atoms with van der Waals surface area (Å²) in [6.45, 7) is 13.6. The number of anilines is 2. The van der Waals surface area contributed by atoms with Gasteiger partial charge >= 0.3 is 59.1 Å². The van der Waals surface area contributed by atoms with Gasteiger partial charge in [-0.05, 0) is 87.2 Å². The summed E-state index contributed by atoms with van der Waals surface area (Å²) in [6, 6.07) is 18.5. The monoisotopic (exact) mass is 648 g/mol. The third-order valence-corrected chi connectivity index (χ3v) is 9.12. The molecule has 9 nitrogen and oxygen atoms in total. The Labute approximate surface area is 301 Å². The minimum atomic E-state index is -5.33. The molecule has 224 valence electrons. The second-order valence-electron chi connectivity index (χ2n) is 9.54. The first-order valence-electron chi connectivity index (χ1n) is 13.8. The molecular formula is C30H38N2Na2O7S2. The van der Waals surface area contributed by atoms with E-state index in [9.17, 15) is 25.9 Å². The maximum absolute atomic E-state index is 12.2. The molecule has 3 aromatic rings. The summed E-state index contributed by atoms with van der Waals surface area (Å²) in [5.41, 5.74) is 2.03. The molecule has 0 amide bonds. The van der Waals surface area contributed by atoms with E-state index in [0.29, 0.717) is 17.5 Å². The van der Waals surface area contributed by atoms with Gasteiger partial charge in [-0.1, -0.05) is 37.3 Å². The van der Waals surface area contributed by atoms with E-state index in [2.05, 4.69) is 37.5 Å². The van der Waals surface area contributed by atoms with E-state index in [0.717, 1.165) is 49.7 Å². The van der Waals surface area contributed by atoms with Crippen molar-refractivity contribution in [3.63, 3.8) is 0 Å². The van der Waals surface area contributed by atoms with E-state index < -0.39 is 35.6 Å². The molecule has 43 heavy (non-hydrogen) atoms. The summed E-state index contributed by atoms with van der Waals surface area (Å²) in [5, 5.41) is 0. The van der Waals surface area contributed by atoms with Gasteiger partial charge in [-0.2, -0.15) is 0 Å². The van der Waals surface area contributed by atoms with Crippen LogP contribution < -0.4 is 68.9 Å². The molecule has 0 saturated carbocycles. The molecular weight excluding hydrogens is 610 g/mol. The van der Waals surface area contributed by atoms with Gasteiger partial charge in [-0.3, -0.25) is 0 Å². The molecule has 0 saturated heterocycles. The standard InChI is InChI=1S/C30H40N2O7S2.2Na/c1-6-21-39-30(23-11-16-26(17-12-23)31(7-2)8-3,24-13-18-27(19-14-24)32(9-4)10-5)25-15-20-28(40(33,34)35)29(22-25)41(36,37)38;;/h11-20,22H,6-10,21H2,1-5H3,(H,33,34,35)(H,36,37,38);;/q;2*+1/p-2. The molecule has 0 fully saturated rings. The van der Waals surface area contributed by atoms with Crippen LogP contribution in [0.2, 0.25) is 0 Å². The summed E-state index contributed by atoms with van der Waals surface area (Å²) < 4.78 is 78.9. The largest absolute Gasteiger partial charge is 1.00 e. The topological polar surface area (TPSA) is 130 Å². The van der Waals surface area contributed by atoms with Gasteiger partial charge in [0.05, 0.1) is 9.79 Å². The summed E-state index contributed by atoms with van der Waals surface area (Å²) in [5.74, 6) is 0. The molecule has 0 aliphatic carbocycles. The molecule has 3 rings (SSSR count). The van der Waals surface area contributed by atoms with Crippen molar-refractivity contribution in [3.05, 3.63) is 83.4 Å². The molecule has 0 atom stereocenters. The average molecular weight is 649 g/mol. The zero-order valence-corrected chi connectivity index (χ0v) is 31.8.